The normalized spacial score (nSPS) is 10.5. The van der Waals surface area contributed by atoms with Crippen LogP contribution in [-0.4, -0.2) is 38.9 Å². The number of hydrogen-bond acceptors (Lipinski definition) is 3. The van der Waals surface area contributed by atoms with Gasteiger partial charge in [0.15, 0.2) is 0 Å². The molecule has 0 saturated carbocycles. The molecule has 0 saturated heterocycles. The summed E-state index contributed by atoms with van der Waals surface area (Å²) in [4.78, 5) is 12.7. The third kappa shape index (κ3) is 3.35. The minimum absolute atomic E-state index is 0.478. The van der Waals surface area contributed by atoms with E-state index in [4.69, 9.17) is 0 Å². The molecule has 0 spiro atoms. The molecule has 0 heterocycles. The fourth-order valence-electron chi connectivity index (χ4n) is 1.79. The van der Waals surface area contributed by atoms with Crippen LogP contribution in [0.3, 0.4) is 0 Å². The van der Waals surface area contributed by atoms with Gasteiger partial charge in [-0.25, -0.2) is 0 Å². The second kappa shape index (κ2) is 6.28. The van der Waals surface area contributed by atoms with Crippen molar-refractivity contribution in [3.8, 4) is 0 Å². The number of carbonyl (C=O) groups excluding carboxylic acids is 1. The lowest BCUT2D eigenvalue weighted by atomic mass is 10.0. The zero-order valence-electron chi connectivity index (χ0n) is 10.3. The molecule has 1 aromatic carbocycles. The van der Waals surface area contributed by atoms with E-state index in [0.717, 1.165) is 30.5 Å². The summed E-state index contributed by atoms with van der Waals surface area (Å²) >= 11 is 0. The third-order valence-corrected chi connectivity index (χ3v) is 2.62. The first-order chi connectivity index (χ1) is 7.69. The predicted molar refractivity (Wildman–Crippen MR) is 68.0 cm³/mol. The summed E-state index contributed by atoms with van der Waals surface area (Å²) in [6.45, 7) is 1.01. The van der Waals surface area contributed by atoms with Gasteiger partial charge in [0.05, 0.1) is 0 Å². The number of likely N-dealkylation sites (N-methyl/N-ethyl adjacent to an activating group) is 1. The number of anilines is 1. The lowest BCUT2D eigenvalue weighted by Gasteiger charge is -2.15. The molecule has 0 amide bonds. The maximum Gasteiger partial charge on any atom is 0.124 e. The van der Waals surface area contributed by atoms with Gasteiger partial charge in [-0.3, -0.25) is 0 Å². The van der Waals surface area contributed by atoms with E-state index >= 15 is 0 Å². The smallest absolute Gasteiger partial charge is 0.124 e. The van der Waals surface area contributed by atoms with Crippen molar-refractivity contribution in [2.75, 3.05) is 33.0 Å². The highest BCUT2D eigenvalue weighted by Gasteiger charge is 2.06. The van der Waals surface area contributed by atoms with Gasteiger partial charge in [0.1, 0.15) is 6.29 Å². The molecule has 0 radical (unpaired) electrons. The molecule has 1 rings (SSSR count). The van der Waals surface area contributed by atoms with Crippen molar-refractivity contribution < 1.29 is 4.79 Å². The molecule has 3 heteroatoms. The highest BCUT2D eigenvalue weighted by molar-refractivity contribution is 5.65. The van der Waals surface area contributed by atoms with Crippen LogP contribution in [0.4, 0.5) is 5.69 Å². The number of carbonyl (C=O) groups is 1. The Labute approximate surface area is 97.5 Å². The largest absolute Gasteiger partial charge is 0.388 e. The van der Waals surface area contributed by atoms with Gasteiger partial charge in [-0.15, -0.1) is 0 Å². The van der Waals surface area contributed by atoms with E-state index in [0.29, 0.717) is 6.42 Å². The highest BCUT2D eigenvalue weighted by Crippen LogP contribution is 2.21. The first kappa shape index (κ1) is 12.7. The number of nitrogens with zero attached hydrogens (tertiary/aromatic N) is 1. The molecule has 0 aromatic heterocycles. The van der Waals surface area contributed by atoms with Crippen molar-refractivity contribution in [2.45, 2.75) is 12.8 Å². The molecule has 0 bridgehead atoms. The SMILES string of the molecule is CNc1c(CC=O)cccc1CCN(C)C. The second-order valence-electron chi connectivity index (χ2n) is 4.13. The van der Waals surface area contributed by atoms with Crippen LogP contribution in [-0.2, 0) is 17.6 Å². The zero-order valence-corrected chi connectivity index (χ0v) is 10.3. The molecule has 0 fully saturated rings. The van der Waals surface area contributed by atoms with Crippen molar-refractivity contribution in [1.29, 1.82) is 0 Å². The maximum atomic E-state index is 10.6. The summed E-state index contributed by atoms with van der Waals surface area (Å²) in [5, 5.41) is 3.20. The number of benzene rings is 1. The molecule has 0 atom stereocenters. The van der Waals surface area contributed by atoms with Crippen molar-refractivity contribution in [3.05, 3.63) is 29.3 Å². The Hall–Kier alpha value is -1.35. The molecule has 88 valence electrons. The van der Waals surface area contributed by atoms with Gasteiger partial charge in [0.2, 0.25) is 0 Å². The van der Waals surface area contributed by atoms with Gasteiger partial charge >= 0.3 is 0 Å². The number of para-hydroxylation sites is 1. The highest BCUT2D eigenvalue weighted by atomic mass is 16.1. The first-order valence-corrected chi connectivity index (χ1v) is 5.56. The van der Waals surface area contributed by atoms with E-state index < -0.39 is 0 Å². The Balaban J connectivity index is 2.89. The molecular weight excluding hydrogens is 200 g/mol. The topological polar surface area (TPSA) is 32.3 Å². The van der Waals surface area contributed by atoms with Crippen LogP contribution < -0.4 is 5.32 Å². The third-order valence-electron chi connectivity index (χ3n) is 2.62. The molecule has 0 aliphatic carbocycles. The van der Waals surface area contributed by atoms with Crippen LogP contribution in [0.1, 0.15) is 11.1 Å². The molecule has 0 unspecified atom stereocenters. The number of hydrogen-bond donors (Lipinski definition) is 1. The Bertz CT molecular complexity index is 348. The van der Waals surface area contributed by atoms with E-state index in [-0.39, 0.29) is 0 Å². The first-order valence-electron chi connectivity index (χ1n) is 5.56. The van der Waals surface area contributed by atoms with Gasteiger partial charge in [0, 0.05) is 25.7 Å². The van der Waals surface area contributed by atoms with Crippen LogP contribution >= 0.6 is 0 Å². The van der Waals surface area contributed by atoms with Gasteiger partial charge in [0.25, 0.3) is 0 Å². The molecule has 0 aliphatic rings. The van der Waals surface area contributed by atoms with Gasteiger partial charge < -0.3 is 15.0 Å². The van der Waals surface area contributed by atoms with Crippen molar-refractivity contribution in [3.63, 3.8) is 0 Å². The van der Waals surface area contributed by atoms with Crippen LogP contribution in [0.25, 0.3) is 0 Å². The van der Waals surface area contributed by atoms with Crippen molar-refractivity contribution in [1.82, 2.24) is 4.90 Å². The fourth-order valence-corrected chi connectivity index (χ4v) is 1.79. The van der Waals surface area contributed by atoms with Gasteiger partial charge in [-0.1, -0.05) is 18.2 Å². The Morgan fingerprint density at radius 2 is 2.00 bits per heavy atom. The number of nitrogens with one attached hydrogen (secondary N) is 1. The lowest BCUT2D eigenvalue weighted by molar-refractivity contribution is -0.107. The van der Waals surface area contributed by atoms with E-state index in [1.807, 2.05) is 19.2 Å². The van der Waals surface area contributed by atoms with E-state index in [9.17, 15) is 4.79 Å². The zero-order chi connectivity index (χ0) is 12.0. The second-order valence-corrected chi connectivity index (χ2v) is 4.13. The molecule has 3 nitrogen and oxygen atoms in total. The quantitative estimate of drug-likeness (QED) is 0.739. The summed E-state index contributed by atoms with van der Waals surface area (Å²) < 4.78 is 0. The van der Waals surface area contributed by atoms with Gasteiger partial charge in [-0.05, 0) is 31.6 Å². The van der Waals surface area contributed by atoms with Crippen LogP contribution in [0, 0.1) is 0 Å². The Morgan fingerprint density at radius 1 is 1.31 bits per heavy atom. The average molecular weight is 220 g/mol. The molecule has 16 heavy (non-hydrogen) atoms. The summed E-state index contributed by atoms with van der Waals surface area (Å²) in [5.74, 6) is 0. The monoisotopic (exact) mass is 220 g/mol. The van der Waals surface area contributed by atoms with Crippen LogP contribution in [0.15, 0.2) is 18.2 Å². The molecule has 1 aromatic rings. The summed E-state index contributed by atoms with van der Waals surface area (Å²) in [5.41, 5.74) is 3.46. The maximum absolute atomic E-state index is 10.6. The summed E-state index contributed by atoms with van der Waals surface area (Å²) in [6.07, 6.45) is 2.42. The standard InChI is InChI=1S/C13H20N2O/c1-14-13-11(7-9-15(2)3)5-4-6-12(13)8-10-16/h4-6,10,14H,7-9H2,1-3H3. The number of rotatable bonds is 6. The minimum atomic E-state index is 0.478. The summed E-state index contributed by atoms with van der Waals surface area (Å²) in [6, 6.07) is 6.13. The van der Waals surface area contributed by atoms with E-state index in [1.165, 1.54) is 5.56 Å². The lowest BCUT2D eigenvalue weighted by Crippen LogP contribution is -2.16. The Morgan fingerprint density at radius 3 is 2.56 bits per heavy atom. The van der Waals surface area contributed by atoms with Crippen molar-refractivity contribution in [2.24, 2.45) is 0 Å². The van der Waals surface area contributed by atoms with Crippen LogP contribution in [0.2, 0.25) is 0 Å². The average Bonchev–Trinajstić information content (AvgIpc) is 2.27. The fraction of sp³-hybridized carbons (Fsp3) is 0.462. The Kier molecular flexibility index (Phi) is 4.99. The van der Waals surface area contributed by atoms with E-state index in [1.54, 1.807) is 0 Å². The number of aldehydes is 1. The van der Waals surface area contributed by atoms with E-state index in [2.05, 4.69) is 30.4 Å². The van der Waals surface area contributed by atoms with Crippen molar-refractivity contribution >= 4 is 12.0 Å². The van der Waals surface area contributed by atoms with Gasteiger partial charge in [-0.2, -0.15) is 0 Å². The molecule has 1 N–H and O–H groups in total. The molecule has 0 aliphatic heterocycles. The molecular formula is C13H20N2O. The summed E-state index contributed by atoms with van der Waals surface area (Å²) in [7, 11) is 6.03. The minimum Gasteiger partial charge on any atom is -0.388 e. The van der Waals surface area contributed by atoms with Crippen LogP contribution in [0.5, 0.6) is 0 Å². The predicted octanol–water partition coefficient (Wildman–Crippen LogP) is 1.57.